The maximum absolute atomic E-state index is 12.7. The minimum Gasteiger partial charge on any atom is -0.348 e. The van der Waals surface area contributed by atoms with E-state index in [2.05, 4.69) is 26.9 Å². The van der Waals surface area contributed by atoms with Crippen LogP contribution in [0.3, 0.4) is 0 Å². The second-order valence-corrected chi connectivity index (χ2v) is 10.3. The van der Waals surface area contributed by atoms with Crippen molar-refractivity contribution in [2.24, 2.45) is 0 Å². The van der Waals surface area contributed by atoms with E-state index in [-0.39, 0.29) is 29.8 Å². The van der Waals surface area contributed by atoms with Crippen LogP contribution in [0, 0.1) is 13.8 Å². The largest absolute Gasteiger partial charge is 0.348 e. The Balaban J connectivity index is 1.57. The third kappa shape index (κ3) is 6.87. The summed E-state index contributed by atoms with van der Waals surface area (Å²) in [7, 11) is -1.54. The molecule has 0 radical (unpaired) electrons. The number of hydrogen-bond acceptors (Lipinski definition) is 5. The fourth-order valence-corrected chi connectivity index (χ4v) is 5.21. The minimum atomic E-state index is -3.65. The van der Waals surface area contributed by atoms with Crippen LogP contribution in [0.15, 0.2) is 53.4 Å². The summed E-state index contributed by atoms with van der Waals surface area (Å²) in [5.41, 5.74) is 2.75. The lowest BCUT2D eigenvalue weighted by atomic mass is 10.1. The SMILES string of the molecule is Cc1ccc(S(=O)(=O)NCCC(=O)NC(CN2CCN(C)CC2)c2ccccc2)c(C)c1. The van der Waals surface area contributed by atoms with Gasteiger partial charge in [-0.15, -0.1) is 0 Å². The standard InChI is InChI=1S/C24H34N4O3S/c1-19-9-10-23(20(2)17-19)32(30,31)25-12-11-24(29)26-22(21-7-5-4-6-8-21)18-28-15-13-27(3)14-16-28/h4-10,17,22,25H,11-16,18H2,1-3H3,(H,26,29). The van der Waals surface area contributed by atoms with Crippen molar-refractivity contribution in [2.45, 2.75) is 31.2 Å². The second kappa shape index (κ2) is 11.0. The smallest absolute Gasteiger partial charge is 0.240 e. The van der Waals surface area contributed by atoms with E-state index >= 15 is 0 Å². The molecule has 1 aliphatic heterocycles. The van der Waals surface area contributed by atoms with E-state index in [4.69, 9.17) is 0 Å². The van der Waals surface area contributed by atoms with E-state index in [1.54, 1.807) is 19.1 Å². The van der Waals surface area contributed by atoms with E-state index in [0.717, 1.165) is 43.9 Å². The van der Waals surface area contributed by atoms with Crippen LogP contribution >= 0.6 is 0 Å². The number of sulfonamides is 1. The normalized spacial score (nSPS) is 16.6. The molecule has 0 spiro atoms. The summed E-state index contributed by atoms with van der Waals surface area (Å²) in [5.74, 6) is -0.170. The van der Waals surface area contributed by atoms with E-state index in [1.165, 1.54) is 0 Å². The number of carbonyl (C=O) groups is 1. The highest BCUT2D eigenvalue weighted by Crippen LogP contribution is 2.17. The van der Waals surface area contributed by atoms with Crippen LogP contribution in [0.25, 0.3) is 0 Å². The molecule has 0 saturated carbocycles. The number of aryl methyl sites for hydroxylation is 2. The summed E-state index contributed by atoms with van der Waals surface area (Å²) in [6.45, 7) is 8.43. The number of likely N-dealkylation sites (N-methyl/N-ethyl adjacent to an activating group) is 1. The van der Waals surface area contributed by atoms with Gasteiger partial charge in [0, 0.05) is 45.7 Å². The molecule has 0 aliphatic carbocycles. The zero-order chi connectivity index (χ0) is 23.1. The number of rotatable bonds is 9. The Morgan fingerprint density at radius 1 is 1.03 bits per heavy atom. The Morgan fingerprint density at radius 2 is 1.72 bits per heavy atom. The molecule has 7 nitrogen and oxygen atoms in total. The van der Waals surface area contributed by atoms with Crippen LogP contribution in [0.1, 0.15) is 29.2 Å². The highest BCUT2D eigenvalue weighted by Gasteiger charge is 2.22. The molecule has 174 valence electrons. The van der Waals surface area contributed by atoms with Crippen LogP contribution in [0.5, 0.6) is 0 Å². The molecule has 32 heavy (non-hydrogen) atoms. The van der Waals surface area contributed by atoms with Gasteiger partial charge in [0.25, 0.3) is 0 Å². The summed E-state index contributed by atoms with van der Waals surface area (Å²) in [5, 5.41) is 3.11. The quantitative estimate of drug-likeness (QED) is 0.601. The molecular weight excluding hydrogens is 424 g/mol. The lowest BCUT2D eigenvalue weighted by molar-refractivity contribution is -0.121. The molecule has 1 saturated heterocycles. The second-order valence-electron chi connectivity index (χ2n) is 8.55. The monoisotopic (exact) mass is 458 g/mol. The first-order chi connectivity index (χ1) is 15.2. The Kier molecular flexibility index (Phi) is 8.42. The van der Waals surface area contributed by atoms with E-state index in [0.29, 0.717) is 5.56 Å². The first kappa shape index (κ1) is 24.4. The van der Waals surface area contributed by atoms with Gasteiger partial charge in [-0.2, -0.15) is 0 Å². The number of benzene rings is 2. The van der Waals surface area contributed by atoms with E-state index in [1.807, 2.05) is 43.3 Å². The van der Waals surface area contributed by atoms with Crippen LogP contribution in [-0.4, -0.2) is 70.4 Å². The van der Waals surface area contributed by atoms with E-state index in [9.17, 15) is 13.2 Å². The number of piperazine rings is 1. The molecule has 3 rings (SSSR count). The molecule has 0 aromatic heterocycles. The molecule has 1 heterocycles. The van der Waals surface area contributed by atoms with E-state index < -0.39 is 10.0 Å². The van der Waals surface area contributed by atoms with Gasteiger partial charge in [0.15, 0.2) is 0 Å². The molecule has 2 aromatic carbocycles. The zero-order valence-corrected chi connectivity index (χ0v) is 20.0. The molecular formula is C24H34N4O3S. The fraction of sp³-hybridized carbons (Fsp3) is 0.458. The Morgan fingerprint density at radius 3 is 2.38 bits per heavy atom. The average Bonchev–Trinajstić information content (AvgIpc) is 2.75. The summed E-state index contributed by atoms with van der Waals surface area (Å²) in [6, 6.07) is 15.0. The van der Waals surface area contributed by atoms with Crippen molar-refractivity contribution in [1.29, 1.82) is 0 Å². The van der Waals surface area contributed by atoms with Gasteiger partial charge < -0.3 is 10.2 Å². The summed E-state index contributed by atoms with van der Waals surface area (Å²) >= 11 is 0. The van der Waals surface area contributed by atoms with Crippen molar-refractivity contribution in [2.75, 3.05) is 46.3 Å². The third-order valence-electron chi connectivity index (χ3n) is 5.84. The fourth-order valence-electron chi connectivity index (χ4n) is 3.95. The van der Waals surface area contributed by atoms with Gasteiger partial charge in [0.1, 0.15) is 0 Å². The van der Waals surface area contributed by atoms with Gasteiger partial charge in [-0.05, 0) is 38.1 Å². The molecule has 2 aromatic rings. The maximum atomic E-state index is 12.7. The molecule has 1 aliphatic rings. The van der Waals surface area contributed by atoms with Crippen molar-refractivity contribution in [3.05, 3.63) is 65.2 Å². The predicted octanol–water partition coefficient (Wildman–Crippen LogP) is 2.08. The first-order valence-corrected chi connectivity index (χ1v) is 12.5. The molecule has 1 fully saturated rings. The highest BCUT2D eigenvalue weighted by molar-refractivity contribution is 7.89. The van der Waals surface area contributed by atoms with Gasteiger partial charge >= 0.3 is 0 Å². The van der Waals surface area contributed by atoms with Crippen molar-refractivity contribution in [3.8, 4) is 0 Å². The summed E-state index contributed by atoms with van der Waals surface area (Å²) in [6.07, 6.45) is 0.0796. The van der Waals surface area contributed by atoms with Gasteiger partial charge in [-0.1, -0.05) is 48.0 Å². The molecule has 1 amide bonds. The lowest BCUT2D eigenvalue weighted by Crippen LogP contribution is -2.48. The predicted molar refractivity (Wildman–Crippen MR) is 127 cm³/mol. The van der Waals surface area contributed by atoms with Crippen molar-refractivity contribution >= 4 is 15.9 Å². The highest BCUT2D eigenvalue weighted by atomic mass is 32.2. The summed E-state index contributed by atoms with van der Waals surface area (Å²) in [4.78, 5) is 17.6. The Labute approximate surface area is 191 Å². The van der Waals surface area contributed by atoms with Crippen molar-refractivity contribution < 1.29 is 13.2 Å². The van der Waals surface area contributed by atoms with Gasteiger partial charge in [0.05, 0.1) is 10.9 Å². The molecule has 0 bridgehead atoms. The number of nitrogens with zero attached hydrogens (tertiary/aromatic N) is 2. The lowest BCUT2D eigenvalue weighted by Gasteiger charge is -2.35. The minimum absolute atomic E-state index is 0.0531. The number of hydrogen-bond donors (Lipinski definition) is 2. The van der Waals surface area contributed by atoms with Crippen molar-refractivity contribution in [3.63, 3.8) is 0 Å². The topological polar surface area (TPSA) is 81.7 Å². The molecule has 1 unspecified atom stereocenters. The van der Waals surface area contributed by atoms with Crippen LogP contribution < -0.4 is 10.0 Å². The number of nitrogens with one attached hydrogen (secondary N) is 2. The van der Waals surface area contributed by atoms with Gasteiger partial charge in [0.2, 0.25) is 15.9 Å². The first-order valence-electron chi connectivity index (χ1n) is 11.1. The number of amides is 1. The molecule has 2 N–H and O–H groups in total. The van der Waals surface area contributed by atoms with Crippen LogP contribution in [-0.2, 0) is 14.8 Å². The third-order valence-corrected chi connectivity index (χ3v) is 7.46. The van der Waals surface area contributed by atoms with Gasteiger partial charge in [-0.25, -0.2) is 13.1 Å². The zero-order valence-electron chi connectivity index (χ0n) is 19.2. The Hall–Kier alpha value is -2.26. The number of carbonyl (C=O) groups excluding carboxylic acids is 1. The van der Waals surface area contributed by atoms with Crippen molar-refractivity contribution in [1.82, 2.24) is 19.8 Å². The van der Waals surface area contributed by atoms with Gasteiger partial charge in [-0.3, -0.25) is 9.69 Å². The summed E-state index contributed by atoms with van der Waals surface area (Å²) < 4.78 is 27.8. The average molecular weight is 459 g/mol. The van der Waals surface area contributed by atoms with Crippen LogP contribution in [0.4, 0.5) is 0 Å². The maximum Gasteiger partial charge on any atom is 0.240 e. The molecule has 8 heteroatoms. The molecule has 1 atom stereocenters. The Bertz CT molecular complexity index is 1000. The van der Waals surface area contributed by atoms with Crippen LogP contribution in [0.2, 0.25) is 0 Å².